The number of carbonyl (C=O) groups excluding carboxylic acids is 1. The highest BCUT2D eigenvalue weighted by atomic mass is 19.1. The van der Waals surface area contributed by atoms with Crippen molar-refractivity contribution in [2.45, 2.75) is 25.8 Å². The van der Waals surface area contributed by atoms with Gasteiger partial charge in [0.05, 0.1) is 7.11 Å². The molecule has 0 saturated carbocycles. The Balaban J connectivity index is 1.43. The van der Waals surface area contributed by atoms with Crippen LogP contribution in [-0.2, 0) is 11.3 Å². The average Bonchev–Trinajstić information content (AvgIpc) is 3.45. The Kier molecular flexibility index (Phi) is 6.47. The molecule has 0 spiro atoms. The van der Waals surface area contributed by atoms with Crippen LogP contribution in [0, 0.1) is 5.82 Å². The van der Waals surface area contributed by atoms with Gasteiger partial charge >= 0.3 is 0 Å². The zero-order valence-electron chi connectivity index (χ0n) is 20.5. The fourth-order valence-corrected chi connectivity index (χ4v) is 5.08. The molecule has 1 atom stereocenters. The second kappa shape index (κ2) is 9.86. The first-order valence-electron chi connectivity index (χ1n) is 12.0. The summed E-state index contributed by atoms with van der Waals surface area (Å²) in [5.41, 5.74) is 4.67. The van der Waals surface area contributed by atoms with E-state index in [-0.39, 0.29) is 24.2 Å². The number of methoxy groups -OCH3 is 1. The predicted molar refractivity (Wildman–Crippen MR) is 142 cm³/mol. The molecule has 4 aromatic rings. The number of amides is 1. The van der Waals surface area contributed by atoms with Crippen LogP contribution >= 0.6 is 0 Å². The number of halogens is 1. The Morgan fingerprint density at radius 1 is 1.22 bits per heavy atom. The van der Waals surface area contributed by atoms with Crippen LogP contribution in [-0.4, -0.2) is 24.5 Å². The van der Waals surface area contributed by atoms with Crippen molar-refractivity contribution in [3.8, 4) is 5.75 Å². The smallest absolute Gasteiger partial charge is 0.223 e. The van der Waals surface area contributed by atoms with E-state index in [9.17, 15) is 4.79 Å². The van der Waals surface area contributed by atoms with E-state index in [1.54, 1.807) is 24.2 Å². The molecule has 3 aromatic carbocycles. The van der Waals surface area contributed by atoms with Gasteiger partial charge in [-0.1, -0.05) is 67.3 Å². The van der Waals surface area contributed by atoms with E-state index >= 15 is 4.39 Å². The number of para-hydroxylation sites is 1. The zero-order valence-corrected chi connectivity index (χ0v) is 20.5. The summed E-state index contributed by atoms with van der Waals surface area (Å²) < 4.78 is 26.7. The van der Waals surface area contributed by atoms with Crippen molar-refractivity contribution in [1.82, 2.24) is 4.90 Å². The van der Waals surface area contributed by atoms with Crippen molar-refractivity contribution < 1.29 is 18.3 Å². The number of benzene rings is 3. The molecule has 1 unspecified atom stereocenters. The molecule has 1 aliphatic rings. The molecule has 4 nitrogen and oxygen atoms in total. The zero-order chi connectivity index (χ0) is 25.2. The molecule has 1 amide bonds. The first-order chi connectivity index (χ1) is 17.5. The molecule has 0 bridgehead atoms. The summed E-state index contributed by atoms with van der Waals surface area (Å²) in [4.78, 5) is 14.7. The first-order valence-corrected chi connectivity index (χ1v) is 12.0. The molecule has 182 valence electrons. The normalized spacial score (nSPS) is 16.5. The maximum Gasteiger partial charge on any atom is 0.223 e. The fourth-order valence-electron chi connectivity index (χ4n) is 5.08. The minimum Gasteiger partial charge on any atom is -0.493 e. The van der Waals surface area contributed by atoms with Gasteiger partial charge in [0, 0.05) is 41.8 Å². The minimum absolute atomic E-state index is 0.0152. The largest absolute Gasteiger partial charge is 0.493 e. The van der Waals surface area contributed by atoms with E-state index in [0.717, 1.165) is 33.1 Å². The Labute approximate surface area is 210 Å². The topological polar surface area (TPSA) is 42.7 Å². The molecule has 0 N–H and O–H groups in total. The monoisotopic (exact) mass is 481 g/mol. The number of carbonyl (C=O) groups is 1. The summed E-state index contributed by atoms with van der Waals surface area (Å²) in [6.45, 7) is 6.40. The summed E-state index contributed by atoms with van der Waals surface area (Å²) >= 11 is 0. The van der Waals surface area contributed by atoms with Gasteiger partial charge in [0.25, 0.3) is 0 Å². The number of hydrogen-bond acceptors (Lipinski definition) is 3. The lowest BCUT2D eigenvalue weighted by Crippen LogP contribution is -2.25. The molecule has 36 heavy (non-hydrogen) atoms. The third-order valence-electron chi connectivity index (χ3n) is 6.79. The summed E-state index contributed by atoms with van der Waals surface area (Å²) in [5.74, 6) is 0.333. The average molecular weight is 482 g/mol. The number of fused-ring (bicyclic) bond motifs is 3. The summed E-state index contributed by atoms with van der Waals surface area (Å²) in [7, 11) is 1.62. The number of ether oxygens (including phenoxy) is 1. The lowest BCUT2D eigenvalue weighted by atomic mass is 9.93. The van der Waals surface area contributed by atoms with Gasteiger partial charge < -0.3 is 14.1 Å². The lowest BCUT2D eigenvalue weighted by molar-refractivity contribution is -0.128. The lowest BCUT2D eigenvalue weighted by Gasteiger charge is -2.18. The Bertz CT molecular complexity index is 1530. The maximum atomic E-state index is 15.1. The van der Waals surface area contributed by atoms with E-state index in [1.165, 1.54) is 6.07 Å². The van der Waals surface area contributed by atoms with Crippen molar-refractivity contribution >= 4 is 33.4 Å². The fraction of sp³-hybridized carbons (Fsp3) is 0.194. The van der Waals surface area contributed by atoms with Crippen LogP contribution in [0.4, 0.5) is 4.39 Å². The molecule has 5 rings (SSSR count). The van der Waals surface area contributed by atoms with Gasteiger partial charge in [-0.15, -0.1) is 0 Å². The molecule has 0 aliphatic carbocycles. The second-order valence-electron chi connectivity index (χ2n) is 9.00. The number of nitrogens with zero attached hydrogens (tertiary/aromatic N) is 1. The van der Waals surface area contributed by atoms with Crippen LogP contribution < -0.4 is 4.74 Å². The molecule has 1 aliphatic heterocycles. The molecule has 1 fully saturated rings. The van der Waals surface area contributed by atoms with Crippen LogP contribution in [0.15, 0.2) is 89.9 Å². The Morgan fingerprint density at radius 2 is 2.06 bits per heavy atom. The Hall–Kier alpha value is -4.12. The number of rotatable bonds is 7. The third kappa shape index (κ3) is 4.22. The van der Waals surface area contributed by atoms with Gasteiger partial charge in [-0.05, 0) is 41.8 Å². The third-order valence-corrected chi connectivity index (χ3v) is 6.79. The number of hydrogen-bond donors (Lipinski definition) is 0. The van der Waals surface area contributed by atoms with Crippen molar-refractivity contribution in [1.29, 1.82) is 0 Å². The molecule has 5 heteroatoms. The van der Waals surface area contributed by atoms with E-state index in [4.69, 9.17) is 9.15 Å². The SMILES string of the molecule is C=C/C=C(\C=C/C)c1ccc(CN2CC(c3ccc(OC)c4oc5ccccc5c34)CC2=O)c(F)c1. The maximum absolute atomic E-state index is 15.1. The summed E-state index contributed by atoms with van der Waals surface area (Å²) in [6.07, 6.45) is 7.72. The molecular formula is C31H28FNO3. The highest BCUT2D eigenvalue weighted by molar-refractivity contribution is 6.09. The van der Waals surface area contributed by atoms with Gasteiger partial charge in [0.15, 0.2) is 11.3 Å². The van der Waals surface area contributed by atoms with E-state index in [2.05, 4.69) is 6.58 Å². The first kappa shape index (κ1) is 23.6. The van der Waals surface area contributed by atoms with E-state index in [0.29, 0.717) is 29.9 Å². The van der Waals surface area contributed by atoms with Crippen LogP contribution in [0.25, 0.3) is 27.5 Å². The standard InChI is InChI=1S/C31H28FNO3/c1-4-8-20(9-5-2)21-12-13-22(26(32)16-21)18-33-19-23(17-29(33)34)24-14-15-28(35-3)31-30(24)25-10-6-7-11-27(25)36-31/h4-16,23H,1,17-19H2,2-3H3/b9-5-,20-8+. The van der Waals surface area contributed by atoms with Crippen LogP contribution in [0.1, 0.15) is 36.0 Å². The number of likely N-dealkylation sites (tertiary alicyclic amines) is 1. The van der Waals surface area contributed by atoms with Gasteiger partial charge in [-0.2, -0.15) is 0 Å². The minimum atomic E-state index is -0.323. The van der Waals surface area contributed by atoms with Gasteiger partial charge in [0.1, 0.15) is 11.4 Å². The van der Waals surface area contributed by atoms with Crippen molar-refractivity contribution in [2.24, 2.45) is 0 Å². The predicted octanol–water partition coefficient (Wildman–Crippen LogP) is 7.40. The van der Waals surface area contributed by atoms with Crippen LogP contribution in [0.5, 0.6) is 5.75 Å². The van der Waals surface area contributed by atoms with Crippen molar-refractivity contribution in [2.75, 3.05) is 13.7 Å². The van der Waals surface area contributed by atoms with Gasteiger partial charge in [-0.25, -0.2) is 4.39 Å². The van der Waals surface area contributed by atoms with Crippen LogP contribution in [0.2, 0.25) is 0 Å². The van der Waals surface area contributed by atoms with Crippen LogP contribution in [0.3, 0.4) is 0 Å². The quantitative estimate of drug-likeness (QED) is 0.258. The van der Waals surface area contributed by atoms with E-state index < -0.39 is 0 Å². The second-order valence-corrected chi connectivity index (χ2v) is 9.00. The summed E-state index contributed by atoms with van der Waals surface area (Å²) in [6, 6.07) is 17.0. The number of furan rings is 1. The molecule has 1 saturated heterocycles. The van der Waals surface area contributed by atoms with Gasteiger partial charge in [0.2, 0.25) is 5.91 Å². The molecule has 2 heterocycles. The molecule has 1 aromatic heterocycles. The highest BCUT2D eigenvalue weighted by Gasteiger charge is 2.33. The van der Waals surface area contributed by atoms with E-state index in [1.807, 2.05) is 67.6 Å². The summed E-state index contributed by atoms with van der Waals surface area (Å²) in [5, 5.41) is 1.98. The highest BCUT2D eigenvalue weighted by Crippen LogP contribution is 2.42. The Morgan fingerprint density at radius 3 is 2.81 bits per heavy atom. The molecule has 0 radical (unpaired) electrons. The van der Waals surface area contributed by atoms with Crippen molar-refractivity contribution in [3.63, 3.8) is 0 Å². The molecular weight excluding hydrogens is 453 g/mol. The number of allylic oxidation sites excluding steroid dienone is 5. The van der Waals surface area contributed by atoms with Crippen molar-refractivity contribution in [3.05, 3.63) is 108 Å². The van der Waals surface area contributed by atoms with Gasteiger partial charge in [-0.3, -0.25) is 4.79 Å².